The molecule has 0 radical (unpaired) electrons. The van der Waals surface area contributed by atoms with Gasteiger partial charge in [-0.05, 0) is 31.6 Å². The molecule has 0 saturated carbocycles. The Morgan fingerprint density at radius 2 is 1.97 bits per heavy atom. The summed E-state index contributed by atoms with van der Waals surface area (Å²) in [5, 5.41) is 61.8. The summed E-state index contributed by atoms with van der Waals surface area (Å²) < 4.78 is 11.8. The number of aliphatic hydroxyl groups excluding tert-OH is 6. The second-order valence-corrected chi connectivity index (χ2v) is 8.94. The average Bonchev–Trinajstić information content (AvgIpc) is 3.08. The number of carboxylic acids is 1. The van der Waals surface area contributed by atoms with Crippen molar-refractivity contribution in [1.82, 2.24) is 4.90 Å². The van der Waals surface area contributed by atoms with Gasteiger partial charge in [0.05, 0.1) is 25.2 Å². The van der Waals surface area contributed by atoms with Crippen LogP contribution in [0.3, 0.4) is 0 Å². The number of hydrogen-bond donors (Lipinski definition) is 7. The van der Waals surface area contributed by atoms with Crippen molar-refractivity contribution in [2.45, 2.75) is 61.4 Å². The van der Waals surface area contributed by atoms with E-state index in [2.05, 4.69) is 24.1 Å². The molecule has 0 amide bonds. The number of benzene rings is 1. The Hall–Kier alpha value is -2.25. The van der Waals surface area contributed by atoms with Crippen molar-refractivity contribution in [3.05, 3.63) is 35.4 Å². The van der Waals surface area contributed by atoms with Gasteiger partial charge in [0.1, 0.15) is 24.4 Å². The van der Waals surface area contributed by atoms with E-state index in [0.717, 1.165) is 31.0 Å². The maximum atomic E-state index is 10.1. The summed E-state index contributed by atoms with van der Waals surface area (Å²) >= 11 is 0. The van der Waals surface area contributed by atoms with Crippen molar-refractivity contribution in [3.8, 4) is 11.5 Å². The summed E-state index contributed by atoms with van der Waals surface area (Å²) in [6, 6.07) is 4.16. The van der Waals surface area contributed by atoms with E-state index < -0.39 is 43.1 Å². The summed E-state index contributed by atoms with van der Waals surface area (Å²) in [6.07, 6.45) is -2.46. The van der Waals surface area contributed by atoms with Gasteiger partial charge in [0, 0.05) is 18.5 Å². The van der Waals surface area contributed by atoms with Gasteiger partial charge in [-0.1, -0.05) is 18.2 Å². The van der Waals surface area contributed by atoms with E-state index in [-0.39, 0.29) is 11.5 Å². The highest BCUT2D eigenvalue weighted by Crippen LogP contribution is 2.55. The number of carboxylic acid groups (broad SMARTS) is 1. The molecule has 0 unspecified atom stereocenters. The minimum atomic E-state index is -2.20. The topological polar surface area (TPSA) is 180 Å². The molecule has 1 aromatic carbocycles. The minimum Gasteiger partial charge on any atom is -0.493 e. The first-order valence-electron chi connectivity index (χ1n) is 11.0. The Labute approximate surface area is 197 Å². The third-order valence-corrected chi connectivity index (χ3v) is 6.65. The number of methoxy groups -OCH3 is 1. The molecule has 0 fully saturated rings. The summed E-state index contributed by atoms with van der Waals surface area (Å²) in [5.74, 6) is -0.0410. The summed E-state index contributed by atoms with van der Waals surface area (Å²) in [5.41, 5.74) is 2.48. The first-order chi connectivity index (χ1) is 16.0. The number of carbonyl (C=O) groups is 1. The van der Waals surface area contributed by atoms with Gasteiger partial charge in [0.25, 0.3) is 0 Å². The molecule has 4 rings (SSSR count). The molecule has 3 aliphatic rings. The first-order valence-corrected chi connectivity index (χ1v) is 11.0. The van der Waals surface area contributed by atoms with E-state index in [4.69, 9.17) is 40.1 Å². The molecule has 2 aliphatic heterocycles. The highest BCUT2D eigenvalue weighted by molar-refractivity contribution is 5.72. The Bertz CT molecular complexity index is 908. The average molecular weight is 484 g/mol. The van der Waals surface area contributed by atoms with Crippen LogP contribution in [0.1, 0.15) is 24.0 Å². The van der Waals surface area contributed by atoms with Crippen molar-refractivity contribution in [1.29, 1.82) is 0 Å². The lowest BCUT2D eigenvalue weighted by Crippen LogP contribution is -2.48. The van der Waals surface area contributed by atoms with Gasteiger partial charge in [-0.15, -0.1) is 0 Å². The van der Waals surface area contributed by atoms with Gasteiger partial charge >= 0.3 is 5.97 Å². The van der Waals surface area contributed by atoms with Crippen LogP contribution in [0, 0.1) is 0 Å². The zero-order valence-corrected chi connectivity index (χ0v) is 19.1. The van der Waals surface area contributed by atoms with Crippen LogP contribution in [0.15, 0.2) is 24.3 Å². The van der Waals surface area contributed by atoms with Crippen LogP contribution in [-0.4, -0.2) is 111 Å². The van der Waals surface area contributed by atoms with Crippen LogP contribution in [0.4, 0.5) is 0 Å². The summed E-state index contributed by atoms with van der Waals surface area (Å²) in [6.45, 7) is 1.11. The Morgan fingerprint density at radius 1 is 1.26 bits per heavy atom. The Kier molecular flexibility index (Phi) is 8.19. The predicted molar refractivity (Wildman–Crippen MR) is 119 cm³/mol. The quantitative estimate of drug-likeness (QED) is 0.231. The monoisotopic (exact) mass is 483 g/mol. The number of ether oxygens (including phenoxy) is 2. The lowest BCUT2D eigenvalue weighted by molar-refractivity contribution is -0.164. The van der Waals surface area contributed by atoms with E-state index in [0.29, 0.717) is 6.42 Å². The summed E-state index contributed by atoms with van der Waals surface area (Å²) in [4.78, 5) is 12.4. The molecule has 1 aliphatic carbocycles. The van der Waals surface area contributed by atoms with Gasteiger partial charge in [0.2, 0.25) is 0 Å². The van der Waals surface area contributed by atoms with Crippen molar-refractivity contribution < 1.29 is 50.0 Å². The molecular weight excluding hydrogens is 450 g/mol. The maximum absolute atomic E-state index is 10.1. The van der Waals surface area contributed by atoms with Gasteiger partial charge in [-0.3, -0.25) is 0 Å². The molecule has 0 saturated heterocycles. The molecular formula is C23H33NO10. The number of rotatable bonds is 6. The van der Waals surface area contributed by atoms with E-state index in [1.165, 1.54) is 11.1 Å². The van der Waals surface area contributed by atoms with Crippen LogP contribution < -0.4 is 9.47 Å². The van der Waals surface area contributed by atoms with Crippen molar-refractivity contribution in [2.75, 3.05) is 27.3 Å². The van der Waals surface area contributed by atoms with E-state index in [1.54, 1.807) is 7.11 Å². The smallest absolute Gasteiger partial charge is 0.335 e. The van der Waals surface area contributed by atoms with Gasteiger partial charge < -0.3 is 50.1 Å². The van der Waals surface area contributed by atoms with Crippen molar-refractivity contribution in [2.24, 2.45) is 0 Å². The number of aliphatic carboxylic acids is 1. The maximum Gasteiger partial charge on any atom is 0.335 e. The SMILES string of the molecule is COc1ccc2c3c1O[C@H]1C[C@@H](O)C=C[C@@]31CCN(C)C2.O=C(O)[C@H](O)[C@@H](O)[C@H](O)[C@H](O)CO. The molecule has 0 aromatic heterocycles. The van der Waals surface area contributed by atoms with Crippen LogP contribution in [0.25, 0.3) is 0 Å². The second-order valence-electron chi connectivity index (χ2n) is 8.94. The first kappa shape index (κ1) is 26.4. The standard InChI is InChI=1S/C17H21NO3.C6H12O7/c1-18-8-7-17-6-5-12(19)9-14(17)21-16-13(20-2)4-3-11(10-18)15(16)17;7-1-2(8)3(9)4(10)5(11)6(12)13/h3-6,12,14,19H,7-10H2,1-2H3;2-5,7-11H,1H2,(H,12,13)/t12-,14-,17-;2-,3-,4+,5-/m01/s1. The highest BCUT2D eigenvalue weighted by atomic mass is 16.5. The zero-order chi connectivity index (χ0) is 25.2. The fraction of sp³-hybridized carbons (Fsp3) is 0.609. The molecule has 190 valence electrons. The molecule has 11 nitrogen and oxygen atoms in total. The molecule has 2 heterocycles. The van der Waals surface area contributed by atoms with Gasteiger partial charge in [-0.25, -0.2) is 4.79 Å². The van der Waals surface area contributed by atoms with Crippen LogP contribution in [0.5, 0.6) is 11.5 Å². The van der Waals surface area contributed by atoms with E-state index >= 15 is 0 Å². The Balaban J connectivity index is 0.000000218. The number of nitrogens with zero attached hydrogens (tertiary/aromatic N) is 1. The number of aliphatic hydroxyl groups is 6. The molecule has 11 heteroatoms. The molecule has 1 aromatic rings. The third-order valence-electron chi connectivity index (χ3n) is 6.65. The van der Waals surface area contributed by atoms with Crippen molar-refractivity contribution in [3.63, 3.8) is 0 Å². The normalized spacial score (nSPS) is 28.7. The lowest BCUT2D eigenvalue weighted by Gasteiger charge is -2.35. The molecule has 1 spiro atoms. The van der Waals surface area contributed by atoms with Gasteiger partial charge in [-0.2, -0.15) is 0 Å². The molecule has 7 N–H and O–H groups in total. The fourth-order valence-electron chi connectivity index (χ4n) is 4.75. The Morgan fingerprint density at radius 3 is 2.59 bits per heavy atom. The highest BCUT2D eigenvalue weighted by Gasteiger charge is 2.52. The van der Waals surface area contributed by atoms with E-state index in [9.17, 15) is 9.90 Å². The summed E-state index contributed by atoms with van der Waals surface area (Å²) in [7, 11) is 3.84. The predicted octanol–water partition coefficient (Wildman–Crippen LogP) is -1.64. The third kappa shape index (κ3) is 4.91. The zero-order valence-electron chi connectivity index (χ0n) is 19.1. The number of hydrogen-bond acceptors (Lipinski definition) is 10. The minimum absolute atomic E-state index is 0.00838. The fourth-order valence-corrected chi connectivity index (χ4v) is 4.75. The van der Waals surface area contributed by atoms with Crippen LogP contribution >= 0.6 is 0 Å². The van der Waals surface area contributed by atoms with E-state index in [1.807, 2.05) is 12.1 Å². The molecule has 0 bridgehead atoms. The molecule has 7 atom stereocenters. The largest absolute Gasteiger partial charge is 0.493 e. The second kappa shape index (κ2) is 10.6. The lowest BCUT2D eigenvalue weighted by atomic mass is 9.69. The van der Waals surface area contributed by atoms with Crippen molar-refractivity contribution >= 4 is 5.97 Å². The van der Waals surface area contributed by atoms with Crippen LogP contribution in [-0.2, 0) is 16.8 Å². The van der Waals surface area contributed by atoms with Gasteiger partial charge in [0.15, 0.2) is 17.6 Å². The molecule has 34 heavy (non-hydrogen) atoms. The van der Waals surface area contributed by atoms with Crippen LogP contribution in [0.2, 0.25) is 0 Å².